The van der Waals surface area contributed by atoms with Gasteiger partial charge in [-0.25, -0.2) is 23.8 Å². The lowest BCUT2D eigenvalue weighted by Gasteiger charge is -2.35. The summed E-state index contributed by atoms with van der Waals surface area (Å²) in [6, 6.07) is 0. The second-order valence-electron chi connectivity index (χ2n) is 15.9. The molecule has 2 unspecified atom stereocenters. The molecule has 64 heavy (non-hydrogen) atoms. The average molecular weight is 990 g/mol. The van der Waals surface area contributed by atoms with Gasteiger partial charge in [-0.15, -0.1) is 0 Å². The fourth-order valence-electron chi connectivity index (χ4n) is 6.46. The van der Waals surface area contributed by atoms with E-state index in [-0.39, 0.29) is 41.6 Å². The van der Waals surface area contributed by atoms with Crippen molar-refractivity contribution >= 4 is 69.1 Å². The summed E-state index contributed by atoms with van der Waals surface area (Å²) in [5.74, 6) is -1.09. The number of aliphatic hydroxyl groups excluding tert-OH is 2. The van der Waals surface area contributed by atoms with E-state index in [4.69, 9.17) is 10.5 Å². The van der Waals surface area contributed by atoms with Gasteiger partial charge in [0.05, 0.1) is 19.5 Å². The molecular formula is C36H62N7O17P3S-2. The van der Waals surface area contributed by atoms with Crippen molar-refractivity contribution in [2.75, 3.05) is 37.8 Å². The summed E-state index contributed by atoms with van der Waals surface area (Å²) in [5, 5.41) is 26.5. The molecule has 0 bridgehead atoms. The molecule has 24 nitrogen and oxygen atoms in total. The second kappa shape index (κ2) is 26.8. The van der Waals surface area contributed by atoms with Crippen LogP contribution in [0.1, 0.15) is 117 Å². The van der Waals surface area contributed by atoms with E-state index in [1.54, 1.807) is 0 Å². The average Bonchev–Trinajstić information content (AvgIpc) is 3.78. The number of nitrogens with zero attached hydrogens (tertiary/aromatic N) is 4. The number of ether oxygens (including phenoxy) is 1. The molecule has 0 saturated carbocycles. The Kier molecular flexibility index (Phi) is 23.4. The number of anilines is 1. The van der Waals surface area contributed by atoms with Crippen molar-refractivity contribution in [2.45, 2.75) is 141 Å². The van der Waals surface area contributed by atoms with Crippen molar-refractivity contribution in [3.8, 4) is 0 Å². The number of nitrogens with two attached hydrogens (primary N) is 1. The molecule has 0 radical (unpaired) electrons. The van der Waals surface area contributed by atoms with E-state index in [1.165, 1.54) is 71.6 Å². The third-order valence-corrected chi connectivity index (χ3v) is 13.9. The first kappa shape index (κ1) is 55.9. The van der Waals surface area contributed by atoms with Gasteiger partial charge in [0.15, 0.2) is 22.8 Å². The first-order chi connectivity index (χ1) is 30.1. The number of phosphoric acid groups is 3. The van der Waals surface area contributed by atoms with Crippen LogP contribution in [0.3, 0.4) is 0 Å². The number of nitrogen functional groups attached to an aromatic ring is 1. The number of aliphatic hydroxyl groups is 2. The molecule has 3 heterocycles. The van der Waals surface area contributed by atoms with E-state index in [2.05, 4.69) is 50.4 Å². The zero-order valence-electron chi connectivity index (χ0n) is 36.2. The minimum absolute atomic E-state index is 0.0130. The Morgan fingerprint density at radius 2 is 1.53 bits per heavy atom. The van der Waals surface area contributed by atoms with Gasteiger partial charge in [0.25, 0.3) is 15.6 Å². The molecule has 2 aromatic rings. The van der Waals surface area contributed by atoms with Gasteiger partial charge < -0.3 is 59.9 Å². The lowest BCUT2D eigenvalue weighted by Crippen LogP contribution is -2.46. The third kappa shape index (κ3) is 19.8. The number of thioether (sulfide) groups is 1. The van der Waals surface area contributed by atoms with E-state index in [0.717, 1.165) is 48.2 Å². The van der Waals surface area contributed by atoms with E-state index in [9.17, 15) is 57.9 Å². The molecule has 28 heteroatoms. The number of amides is 2. The number of hydrogen-bond donors (Lipinski definition) is 7. The van der Waals surface area contributed by atoms with Crippen LogP contribution in [0.4, 0.5) is 5.82 Å². The largest absolute Gasteiger partial charge is 0.756 e. The van der Waals surface area contributed by atoms with Crippen LogP contribution in [0.5, 0.6) is 0 Å². The molecule has 1 aliphatic rings. The predicted molar refractivity (Wildman–Crippen MR) is 228 cm³/mol. The number of fused-ring (bicyclic) bond motifs is 1. The summed E-state index contributed by atoms with van der Waals surface area (Å²) >= 11 is 1.15. The first-order valence-electron chi connectivity index (χ1n) is 21.1. The Morgan fingerprint density at radius 3 is 2.16 bits per heavy atom. The molecule has 1 aliphatic heterocycles. The van der Waals surface area contributed by atoms with Crippen LogP contribution < -0.4 is 26.2 Å². The van der Waals surface area contributed by atoms with E-state index in [0.29, 0.717) is 12.2 Å². The number of imidazole rings is 1. The maximum absolute atomic E-state index is 12.6. The number of aromatic nitrogens is 4. The Hall–Kier alpha value is -2.44. The lowest BCUT2D eigenvalue weighted by molar-refractivity contribution is -0.247. The van der Waals surface area contributed by atoms with Crippen molar-refractivity contribution in [1.29, 1.82) is 0 Å². The summed E-state index contributed by atoms with van der Waals surface area (Å²) in [5.41, 5.74) is 4.18. The zero-order valence-corrected chi connectivity index (χ0v) is 39.7. The minimum Gasteiger partial charge on any atom is -0.756 e. The highest BCUT2D eigenvalue weighted by atomic mass is 32.2. The smallest absolute Gasteiger partial charge is 0.470 e. The van der Waals surface area contributed by atoms with Crippen LogP contribution >= 0.6 is 35.2 Å². The molecule has 3 rings (SSSR count). The highest BCUT2D eigenvalue weighted by Crippen LogP contribution is 2.56. The highest BCUT2D eigenvalue weighted by molar-refractivity contribution is 8.13. The number of hydrogen-bond acceptors (Lipinski definition) is 20. The maximum Gasteiger partial charge on any atom is 0.470 e. The summed E-state index contributed by atoms with van der Waals surface area (Å²) in [6.07, 6.45) is 7.82. The van der Waals surface area contributed by atoms with Crippen molar-refractivity contribution in [1.82, 2.24) is 30.2 Å². The topological polar surface area (TPSA) is 369 Å². The number of phosphoric ester groups is 3. The zero-order chi connectivity index (χ0) is 47.6. The SMILES string of the molecule is CCCCCCCCCCCCCCC(=O)SCCNC(=O)CCNC(=O)[C@H](O)C(C)(C)COP(=O)([O-])OP(=O)([O-])OC[C@H]1O[C@@H](n2cnc3c(N)ncnc32)[C@H](O)[C@@H]1OP(=O)(O)O. The minimum atomic E-state index is -5.88. The lowest BCUT2D eigenvalue weighted by atomic mass is 9.87. The first-order valence-corrected chi connectivity index (χ1v) is 26.5. The van der Waals surface area contributed by atoms with Crippen molar-refractivity contribution in [3.63, 3.8) is 0 Å². The van der Waals surface area contributed by atoms with Crippen LogP contribution in [0.15, 0.2) is 12.7 Å². The number of unbranched alkanes of at least 4 members (excludes halogenated alkanes) is 11. The number of nitrogens with one attached hydrogen (secondary N) is 2. The van der Waals surface area contributed by atoms with E-state index < -0.39 is 84.6 Å². The molecule has 366 valence electrons. The number of carbonyl (C=O) groups excluding carboxylic acids is 3. The highest BCUT2D eigenvalue weighted by Gasteiger charge is 2.49. The number of carbonyl (C=O) groups is 3. The Labute approximate surface area is 376 Å². The molecule has 1 fully saturated rings. The number of rotatable bonds is 32. The van der Waals surface area contributed by atoms with Crippen LogP contribution in [0.25, 0.3) is 11.2 Å². The van der Waals surface area contributed by atoms with Crippen LogP contribution in [0.2, 0.25) is 0 Å². The summed E-state index contributed by atoms with van der Waals surface area (Å²) < 4.78 is 61.4. The monoisotopic (exact) mass is 989 g/mol. The molecular weight excluding hydrogens is 927 g/mol. The molecule has 2 aromatic heterocycles. The van der Waals surface area contributed by atoms with E-state index >= 15 is 0 Å². The molecule has 2 amide bonds. The van der Waals surface area contributed by atoms with Gasteiger partial charge in [0, 0.05) is 37.1 Å². The fourth-order valence-corrected chi connectivity index (χ4v) is 9.94. The molecule has 8 N–H and O–H groups in total. The maximum atomic E-state index is 12.6. The Bertz CT molecular complexity index is 1940. The van der Waals surface area contributed by atoms with Gasteiger partial charge >= 0.3 is 7.82 Å². The van der Waals surface area contributed by atoms with Crippen molar-refractivity contribution < 1.29 is 80.5 Å². The quantitative estimate of drug-likeness (QED) is 0.0409. The van der Waals surface area contributed by atoms with Crippen LogP contribution in [-0.2, 0) is 50.7 Å². The standard InChI is InChI=1S/C36H64N7O17P3S/c1-4-5-6-7-8-9-10-11-12-13-14-15-16-27(45)64-20-19-38-26(44)17-18-39-34(48)31(47)36(2,3)22-57-63(54,55)60-62(52,53)56-21-25-30(59-61(49,50)51)29(46)35(58-25)43-24-42-28-32(37)40-23-41-33(28)43/h23-25,29-31,35,46-47H,4-22H2,1-3H3,(H,38,44)(H,39,48)(H,52,53)(H,54,55)(H2,37,40,41)(H2,49,50,51)/p-2/t25-,29-,30-,31+,35-/m1/s1. The summed E-state index contributed by atoms with van der Waals surface area (Å²) in [7, 11) is -17.0. The van der Waals surface area contributed by atoms with Gasteiger partial charge in [-0.2, -0.15) is 0 Å². The van der Waals surface area contributed by atoms with Gasteiger partial charge in [0.1, 0.15) is 36.3 Å². The third-order valence-electron chi connectivity index (χ3n) is 9.98. The molecule has 0 aromatic carbocycles. The Balaban J connectivity index is 1.34. The van der Waals surface area contributed by atoms with Gasteiger partial charge in [-0.1, -0.05) is 103 Å². The Morgan fingerprint density at radius 1 is 0.922 bits per heavy atom. The van der Waals surface area contributed by atoms with Gasteiger partial charge in [-0.3, -0.25) is 32.6 Å². The van der Waals surface area contributed by atoms with Crippen molar-refractivity contribution in [2.24, 2.45) is 5.41 Å². The second-order valence-corrected chi connectivity index (χ2v) is 21.2. The van der Waals surface area contributed by atoms with Gasteiger partial charge in [-0.05, 0) is 6.42 Å². The molecule has 7 atom stereocenters. The molecule has 0 aliphatic carbocycles. The predicted octanol–water partition coefficient (Wildman–Crippen LogP) is 2.49. The van der Waals surface area contributed by atoms with Gasteiger partial charge in [0.2, 0.25) is 11.8 Å². The molecule has 0 spiro atoms. The van der Waals surface area contributed by atoms with Crippen LogP contribution in [0, 0.1) is 5.41 Å². The summed E-state index contributed by atoms with van der Waals surface area (Å²) in [4.78, 5) is 92.7. The normalized spacial score (nSPS) is 20.5. The molecule has 1 saturated heterocycles. The van der Waals surface area contributed by atoms with Crippen molar-refractivity contribution in [3.05, 3.63) is 12.7 Å². The fraction of sp³-hybridized carbons (Fsp3) is 0.778. The van der Waals surface area contributed by atoms with E-state index in [1.807, 2.05) is 0 Å². The summed E-state index contributed by atoms with van der Waals surface area (Å²) in [6.45, 7) is 2.50. The van der Waals surface area contributed by atoms with Crippen LogP contribution in [-0.4, -0.2) is 113 Å².